The van der Waals surface area contributed by atoms with Crippen LogP contribution in [0.1, 0.15) is 24.8 Å². The minimum atomic E-state index is 0.757. The van der Waals surface area contributed by atoms with E-state index < -0.39 is 0 Å². The predicted molar refractivity (Wildman–Crippen MR) is 104 cm³/mol. The number of benzene rings is 1. The SMILES string of the molecule is CN=C(NCCc1c[nH]c2ccccc12)NCC1CCN(C2CC2)C1. The van der Waals surface area contributed by atoms with Crippen LogP contribution >= 0.6 is 0 Å². The lowest BCUT2D eigenvalue weighted by Gasteiger charge is -2.17. The molecule has 1 atom stereocenters. The van der Waals surface area contributed by atoms with Gasteiger partial charge in [0.05, 0.1) is 0 Å². The number of nitrogens with zero attached hydrogens (tertiary/aromatic N) is 2. The van der Waals surface area contributed by atoms with E-state index in [0.717, 1.165) is 37.4 Å². The summed E-state index contributed by atoms with van der Waals surface area (Å²) in [4.78, 5) is 10.4. The summed E-state index contributed by atoms with van der Waals surface area (Å²) in [7, 11) is 1.85. The van der Waals surface area contributed by atoms with E-state index in [4.69, 9.17) is 0 Å². The molecule has 0 bridgehead atoms. The third-order valence-electron chi connectivity index (χ3n) is 5.52. The van der Waals surface area contributed by atoms with Crippen molar-refractivity contribution in [2.75, 3.05) is 33.2 Å². The number of para-hydroxylation sites is 1. The van der Waals surface area contributed by atoms with Gasteiger partial charge >= 0.3 is 0 Å². The molecule has 2 heterocycles. The summed E-state index contributed by atoms with van der Waals surface area (Å²) in [5.41, 5.74) is 2.57. The van der Waals surface area contributed by atoms with Crippen LogP contribution in [0.25, 0.3) is 10.9 Å². The van der Waals surface area contributed by atoms with E-state index in [0.29, 0.717) is 0 Å². The predicted octanol–water partition coefficient (Wildman–Crippen LogP) is 2.36. The van der Waals surface area contributed by atoms with Crippen LogP contribution in [-0.2, 0) is 6.42 Å². The van der Waals surface area contributed by atoms with Crippen LogP contribution in [0.15, 0.2) is 35.5 Å². The van der Waals surface area contributed by atoms with Crippen molar-refractivity contribution < 1.29 is 0 Å². The van der Waals surface area contributed by atoms with Crippen LogP contribution in [0, 0.1) is 5.92 Å². The van der Waals surface area contributed by atoms with Crippen molar-refractivity contribution in [3.05, 3.63) is 36.0 Å². The highest BCUT2D eigenvalue weighted by molar-refractivity contribution is 5.83. The molecule has 1 saturated carbocycles. The van der Waals surface area contributed by atoms with Crippen molar-refractivity contribution in [2.45, 2.75) is 31.7 Å². The molecule has 1 aromatic heterocycles. The summed E-state index contributed by atoms with van der Waals surface area (Å²) in [6.45, 7) is 4.45. The van der Waals surface area contributed by atoms with Crippen LogP contribution in [0.4, 0.5) is 0 Å². The largest absolute Gasteiger partial charge is 0.361 e. The highest BCUT2D eigenvalue weighted by Gasteiger charge is 2.34. The average molecular weight is 339 g/mol. The molecule has 5 heteroatoms. The van der Waals surface area contributed by atoms with E-state index in [1.54, 1.807) is 0 Å². The number of likely N-dealkylation sites (tertiary alicyclic amines) is 1. The highest BCUT2D eigenvalue weighted by Crippen LogP contribution is 2.31. The fourth-order valence-corrected chi connectivity index (χ4v) is 3.92. The normalized spacial score (nSPS) is 21.8. The van der Waals surface area contributed by atoms with Gasteiger partial charge < -0.3 is 20.5 Å². The average Bonchev–Trinajstić information content (AvgIpc) is 3.25. The Labute approximate surface area is 149 Å². The lowest BCUT2D eigenvalue weighted by molar-refractivity contribution is 0.314. The number of fused-ring (bicyclic) bond motifs is 1. The minimum absolute atomic E-state index is 0.757. The second-order valence-electron chi connectivity index (χ2n) is 7.37. The zero-order valence-corrected chi connectivity index (χ0v) is 15.1. The van der Waals surface area contributed by atoms with Crippen molar-refractivity contribution in [3.63, 3.8) is 0 Å². The van der Waals surface area contributed by atoms with Gasteiger partial charge in [0.25, 0.3) is 0 Å². The maximum Gasteiger partial charge on any atom is 0.190 e. The molecule has 1 aromatic carbocycles. The number of hydrogen-bond donors (Lipinski definition) is 3. The van der Waals surface area contributed by atoms with Gasteiger partial charge in [-0.25, -0.2) is 0 Å². The van der Waals surface area contributed by atoms with Gasteiger partial charge in [0.1, 0.15) is 0 Å². The van der Waals surface area contributed by atoms with E-state index in [-0.39, 0.29) is 0 Å². The quantitative estimate of drug-likeness (QED) is 0.559. The van der Waals surface area contributed by atoms with Crippen molar-refractivity contribution in [1.82, 2.24) is 20.5 Å². The fraction of sp³-hybridized carbons (Fsp3) is 0.550. The van der Waals surface area contributed by atoms with Gasteiger partial charge in [-0.1, -0.05) is 18.2 Å². The molecule has 25 heavy (non-hydrogen) atoms. The maximum absolute atomic E-state index is 4.37. The first-order valence-corrected chi connectivity index (χ1v) is 9.57. The van der Waals surface area contributed by atoms with Gasteiger partial charge in [0.2, 0.25) is 0 Å². The number of nitrogens with one attached hydrogen (secondary N) is 3. The number of aliphatic imine (C=N–C) groups is 1. The van der Waals surface area contributed by atoms with Gasteiger partial charge in [-0.2, -0.15) is 0 Å². The summed E-state index contributed by atoms with van der Waals surface area (Å²) >= 11 is 0. The summed E-state index contributed by atoms with van der Waals surface area (Å²) in [5, 5.41) is 8.28. The molecule has 2 aliphatic rings. The molecule has 134 valence electrons. The molecule has 1 saturated heterocycles. The Hall–Kier alpha value is -2.01. The third kappa shape index (κ3) is 3.98. The van der Waals surface area contributed by atoms with Gasteiger partial charge in [-0.15, -0.1) is 0 Å². The molecule has 4 rings (SSSR count). The molecular weight excluding hydrogens is 310 g/mol. The number of rotatable bonds is 6. The lowest BCUT2D eigenvalue weighted by Crippen LogP contribution is -2.41. The lowest BCUT2D eigenvalue weighted by atomic mass is 10.1. The van der Waals surface area contributed by atoms with Crippen LogP contribution in [0.5, 0.6) is 0 Å². The molecule has 2 aromatic rings. The summed E-state index contributed by atoms with van der Waals surface area (Å²) in [6, 6.07) is 9.37. The zero-order chi connectivity index (χ0) is 17.1. The van der Waals surface area contributed by atoms with Crippen molar-refractivity contribution >= 4 is 16.9 Å². The van der Waals surface area contributed by atoms with E-state index in [1.165, 1.54) is 48.8 Å². The van der Waals surface area contributed by atoms with E-state index in [1.807, 2.05) is 7.05 Å². The zero-order valence-electron chi connectivity index (χ0n) is 15.1. The number of guanidine groups is 1. The van der Waals surface area contributed by atoms with Crippen LogP contribution in [0.3, 0.4) is 0 Å². The van der Waals surface area contributed by atoms with Crippen molar-refractivity contribution in [3.8, 4) is 0 Å². The number of hydrogen-bond acceptors (Lipinski definition) is 2. The molecule has 0 radical (unpaired) electrons. The molecule has 1 unspecified atom stereocenters. The first-order chi connectivity index (χ1) is 12.3. The molecule has 3 N–H and O–H groups in total. The minimum Gasteiger partial charge on any atom is -0.361 e. The molecule has 1 aliphatic carbocycles. The topological polar surface area (TPSA) is 55.5 Å². The molecule has 1 aliphatic heterocycles. The van der Waals surface area contributed by atoms with Gasteiger partial charge in [0, 0.05) is 49.8 Å². The van der Waals surface area contributed by atoms with Gasteiger partial charge in [-0.3, -0.25) is 4.99 Å². The number of aromatic amines is 1. The Bertz CT molecular complexity index is 731. The van der Waals surface area contributed by atoms with Crippen molar-refractivity contribution in [1.29, 1.82) is 0 Å². The summed E-state index contributed by atoms with van der Waals surface area (Å²) < 4.78 is 0. The summed E-state index contributed by atoms with van der Waals surface area (Å²) in [5.74, 6) is 1.68. The second kappa shape index (κ2) is 7.48. The van der Waals surface area contributed by atoms with Gasteiger partial charge in [-0.05, 0) is 49.8 Å². The Balaban J connectivity index is 1.21. The molecule has 5 nitrogen and oxygen atoms in total. The molecule has 2 fully saturated rings. The van der Waals surface area contributed by atoms with Crippen LogP contribution in [-0.4, -0.2) is 55.1 Å². The standard InChI is InChI=1S/C20H29N5/c1-21-20(24-12-15-9-11-25(14-15)17-6-7-17)22-10-8-16-13-23-19-5-3-2-4-18(16)19/h2-5,13,15,17,23H,6-12,14H2,1H3,(H2,21,22,24). The van der Waals surface area contributed by atoms with Crippen molar-refractivity contribution in [2.24, 2.45) is 10.9 Å². The first-order valence-electron chi connectivity index (χ1n) is 9.57. The molecule has 0 amide bonds. The third-order valence-corrected chi connectivity index (χ3v) is 5.52. The fourth-order valence-electron chi connectivity index (χ4n) is 3.92. The van der Waals surface area contributed by atoms with Crippen LogP contribution < -0.4 is 10.6 Å². The molecular formula is C20H29N5. The molecule has 0 spiro atoms. The highest BCUT2D eigenvalue weighted by atomic mass is 15.2. The van der Waals surface area contributed by atoms with E-state index in [2.05, 4.69) is 56.0 Å². The number of aromatic nitrogens is 1. The summed E-state index contributed by atoms with van der Waals surface area (Å²) in [6.07, 6.45) is 7.25. The van der Waals surface area contributed by atoms with Crippen LogP contribution in [0.2, 0.25) is 0 Å². The Morgan fingerprint density at radius 2 is 2.12 bits per heavy atom. The Morgan fingerprint density at radius 1 is 1.24 bits per heavy atom. The Kier molecular flexibility index (Phi) is 4.92. The smallest absolute Gasteiger partial charge is 0.190 e. The Morgan fingerprint density at radius 3 is 2.96 bits per heavy atom. The van der Waals surface area contributed by atoms with E-state index in [9.17, 15) is 0 Å². The second-order valence-corrected chi connectivity index (χ2v) is 7.37. The van der Waals surface area contributed by atoms with Gasteiger partial charge in [0.15, 0.2) is 5.96 Å². The monoisotopic (exact) mass is 339 g/mol. The first kappa shape index (κ1) is 16.5. The maximum atomic E-state index is 4.37. The van der Waals surface area contributed by atoms with E-state index >= 15 is 0 Å². The number of H-pyrrole nitrogens is 1.